The molecule has 1 N–H and O–H groups in total. The third-order valence-corrected chi connectivity index (χ3v) is 5.77. The summed E-state index contributed by atoms with van der Waals surface area (Å²) in [6, 6.07) is 20.1. The van der Waals surface area contributed by atoms with Crippen molar-refractivity contribution in [2.45, 2.75) is 13.3 Å². The number of rotatable bonds is 8. The van der Waals surface area contributed by atoms with Gasteiger partial charge < -0.3 is 9.84 Å². The fourth-order valence-corrected chi connectivity index (χ4v) is 4.10. The topological polar surface area (TPSA) is 106 Å². The van der Waals surface area contributed by atoms with Crippen molar-refractivity contribution in [3.63, 3.8) is 0 Å². The van der Waals surface area contributed by atoms with Crippen LogP contribution < -0.4 is 0 Å². The van der Waals surface area contributed by atoms with E-state index in [0.717, 1.165) is 11.7 Å². The largest absolute Gasteiger partial charge is 0.478 e. The molecule has 0 atom stereocenters. The van der Waals surface area contributed by atoms with Crippen molar-refractivity contribution in [1.29, 1.82) is 0 Å². The van der Waals surface area contributed by atoms with Gasteiger partial charge in [-0.3, -0.25) is 4.79 Å². The third-order valence-electron chi connectivity index (χ3n) is 5.21. The molecule has 0 aliphatic carbocycles. The Morgan fingerprint density at radius 2 is 1.53 bits per heavy atom. The molecule has 7 nitrogen and oxygen atoms in total. The molecule has 0 saturated carbocycles. The van der Waals surface area contributed by atoms with Crippen molar-refractivity contribution in [2.24, 2.45) is 0 Å². The number of ketones is 1. The van der Waals surface area contributed by atoms with E-state index in [1.165, 1.54) is 0 Å². The first-order valence-electron chi connectivity index (χ1n) is 10.5. The van der Waals surface area contributed by atoms with Crippen LogP contribution in [0.4, 0.5) is 0 Å². The molecule has 0 radical (unpaired) electrons. The average Bonchev–Trinajstić information content (AvgIpc) is 3.32. The first-order valence-corrected chi connectivity index (χ1v) is 11.3. The highest BCUT2D eigenvalue weighted by molar-refractivity contribution is 7.00. The lowest BCUT2D eigenvalue weighted by Crippen LogP contribution is -2.14. The van der Waals surface area contributed by atoms with E-state index < -0.39 is 11.9 Å². The van der Waals surface area contributed by atoms with E-state index >= 15 is 0 Å². The summed E-state index contributed by atoms with van der Waals surface area (Å²) in [5.74, 6) is -2.05. The number of esters is 1. The summed E-state index contributed by atoms with van der Waals surface area (Å²) >= 11 is 1.03. The predicted molar refractivity (Wildman–Crippen MR) is 129 cm³/mol. The zero-order valence-corrected chi connectivity index (χ0v) is 19.0. The first kappa shape index (κ1) is 23.0. The van der Waals surface area contributed by atoms with Gasteiger partial charge in [0, 0.05) is 17.6 Å². The molecule has 0 amide bonds. The fourth-order valence-electron chi connectivity index (χ4n) is 3.59. The molecule has 8 heteroatoms. The molecule has 0 spiro atoms. The van der Waals surface area contributed by atoms with Gasteiger partial charge in [-0.1, -0.05) is 48.5 Å². The molecule has 0 aliphatic rings. The minimum absolute atomic E-state index is 0.0613. The highest BCUT2D eigenvalue weighted by Gasteiger charge is 2.24. The van der Waals surface area contributed by atoms with Crippen LogP contribution in [-0.4, -0.2) is 38.2 Å². The second-order valence-electron chi connectivity index (χ2n) is 7.42. The maximum Gasteiger partial charge on any atom is 0.338 e. The summed E-state index contributed by atoms with van der Waals surface area (Å²) in [7, 11) is 0. The number of hydrogen-bond donors (Lipinski definition) is 1. The van der Waals surface area contributed by atoms with Gasteiger partial charge in [0.25, 0.3) is 0 Å². The van der Waals surface area contributed by atoms with Gasteiger partial charge in [0.05, 0.1) is 29.5 Å². The number of carbonyl (C=O) groups is 3. The van der Waals surface area contributed by atoms with E-state index in [4.69, 9.17) is 4.74 Å². The van der Waals surface area contributed by atoms with Crippen molar-refractivity contribution in [3.05, 3.63) is 101 Å². The molecule has 0 aliphatic heterocycles. The van der Waals surface area contributed by atoms with Crippen molar-refractivity contribution in [2.75, 3.05) is 6.61 Å². The van der Waals surface area contributed by atoms with Crippen molar-refractivity contribution in [1.82, 2.24) is 8.75 Å². The summed E-state index contributed by atoms with van der Waals surface area (Å²) < 4.78 is 13.4. The smallest absolute Gasteiger partial charge is 0.338 e. The summed E-state index contributed by atoms with van der Waals surface area (Å²) in [5.41, 5.74) is 3.07. The number of carboxylic acids is 1. The number of ether oxygens (including phenoxy) is 1. The number of hydrogen-bond acceptors (Lipinski definition) is 7. The third kappa shape index (κ3) is 4.92. The van der Waals surface area contributed by atoms with Crippen LogP contribution in [0.5, 0.6) is 0 Å². The lowest BCUT2D eigenvalue weighted by atomic mass is 9.89. The molecular weight excluding hydrogens is 452 g/mol. The van der Waals surface area contributed by atoms with Gasteiger partial charge in [0.2, 0.25) is 0 Å². The van der Waals surface area contributed by atoms with Crippen LogP contribution in [0.2, 0.25) is 0 Å². The molecule has 1 aromatic heterocycles. The Bertz CT molecular complexity index is 1390. The molecule has 0 unspecified atom stereocenters. The zero-order chi connectivity index (χ0) is 24.1. The molecule has 4 rings (SSSR count). The number of fused-ring (bicyclic) bond motifs is 1. The van der Waals surface area contributed by atoms with E-state index in [9.17, 15) is 19.5 Å². The number of carbonyl (C=O) groups excluding carboxylic acids is 2. The normalized spacial score (nSPS) is 11.7. The van der Waals surface area contributed by atoms with Gasteiger partial charge in [-0.15, -0.1) is 0 Å². The second-order valence-corrected chi connectivity index (χ2v) is 7.94. The highest BCUT2D eigenvalue weighted by Crippen LogP contribution is 2.28. The van der Waals surface area contributed by atoms with Crippen LogP contribution in [0.3, 0.4) is 0 Å². The minimum atomic E-state index is -1.22. The fraction of sp³-hybridized carbons (Fsp3) is 0.115. The molecule has 4 aromatic rings. The van der Waals surface area contributed by atoms with E-state index in [1.54, 1.807) is 79.7 Å². The number of carboxylic acid groups (broad SMARTS) is 1. The molecule has 0 bridgehead atoms. The van der Waals surface area contributed by atoms with Crippen LogP contribution in [0.15, 0.2) is 78.4 Å². The van der Waals surface area contributed by atoms with Crippen molar-refractivity contribution >= 4 is 46.1 Å². The quantitative estimate of drug-likeness (QED) is 0.222. The van der Waals surface area contributed by atoms with Gasteiger partial charge in [0.1, 0.15) is 11.0 Å². The molecule has 1 heterocycles. The van der Waals surface area contributed by atoms with Crippen molar-refractivity contribution in [3.8, 4) is 0 Å². The van der Waals surface area contributed by atoms with Crippen LogP contribution in [0.25, 0.3) is 16.6 Å². The van der Waals surface area contributed by atoms with Crippen LogP contribution in [0, 0.1) is 0 Å². The molecular formula is C26H20N2O5S. The number of aromatic nitrogens is 2. The predicted octanol–water partition coefficient (Wildman–Crippen LogP) is 4.83. The summed E-state index contributed by atoms with van der Waals surface area (Å²) in [5, 5.41) is 10.2. The van der Waals surface area contributed by atoms with E-state index in [2.05, 4.69) is 8.75 Å². The van der Waals surface area contributed by atoms with Crippen LogP contribution in [-0.2, 0) is 16.0 Å². The second kappa shape index (κ2) is 10.2. The Labute approximate surface area is 199 Å². The Hall–Kier alpha value is -4.17. The minimum Gasteiger partial charge on any atom is -0.478 e. The summed E-state index contributed by atoms with van der Waals surface area (Å²) in [4.78, 5) is 37.9. The Kier molecular flexibility index (Phi) is 6.89. The average molecular weight is 473 g/mol. The molecule has 3 aromatic carbocycles. The maximum atomic E-state index is 13.5. The summed E-state index contributed by atoms with van der Waals surface area (Å²) in [6.07, 6.45) is 0.0613. The standard InChI is InChI=1S/C26H20N2O5S/c1-2-33-26(32)18-10-8-16(9-11-18)14-20(24(29)17-6-4-3-5-7-17)23(25(30)31)19-12-13-21-22(15-19)28-34-27-21/h3-13,15H,2,14H2,1H3,(H,30,31). The molecule has 0 fully saturated rings. The maximum absolute atomic E-state index is 13.5. The molecule has 0 saturated heterocycles. The van der Waals surface area contributed by atoms with E-state index in [0.29, 0.717) is 33.3 Å². The Balaban J connectivity index is 1.82. The monoisotopic (exact) mass is 472 g/mol. The molecule has 34 heavy (non-hydrogen) atoms. The van der Waals surface area contributed by atoms with E-state index in [1.807, 2.05) is 0 Å². The van der Waals surface area contributed by atoms with Crippen molar-refractivity contribution < 1.29 is 24.2 Å². The number of allylic oxidation sites excluding steroid dienone is 1. The SMILES string of the molecule is CCOC(=O)c1ccc(CC(C(=O)c2ccccc2)=C(C(=O)O)c2ccc3nsnc3c2)cc1. The van der Waals surface area contributed by atoms with Crippen LogP contribution >= 0.6 is 11.7 Å². The molecule has 170 valence electrons. The zero-order valence-electron chi connectivity index (χ0n) is 18.2. The highest BCUT2D eigenvalue weighted by atomic mass is 32.1. The Morgan fingerprint density at radius 3 is 2.21 bits per heavy atom. The number of benzene rings is 3. The lowest BCUT2D eigenvalue weighted by molar-refractivity contribution is -0.130. The first-order chi connectivity index (χ1) is 16.5. The van der Waals surface area contributed by atoms with Crippen LogP contribution in [0.1, 0.15) is 38.8 Å². The summed E-state index contributed by atoms with van der Waals surface area (Å²) in [6.45, 7) is 1.99. The van der Waals surface area contributed by atoms with Gasteiger partial charge in [0.15, 0.2) is 5.78 Å². The lowest BCUT2D eigenvalue weighted by Gasteiger charge is -2.13. The van der Waals surface area contributed by atoms with E-state index in [-0.39, 0.29) is 30.0 Å². The van der Waals surface area contributed by atoms with Gasteiger partial charge in [-0.2, -0.15) is 8.75 Å². The number of aliphatic carboxylic acids is 1. The number of nitrogens with zero attached hydrogens (tertiary/aromatic N) is 2. The Morgan fingerprint density at radius 1 is 0.853 bits per heavy atom. The van der Waals surface area contributed by atoms with Gasteiger partial charge in [-0.25, -0.2) is 9.59 Å². The number of Topliss-reactive ketones (excluding diaryl/α,β-unsaturated/α-hetero) is 1. The van der Waals surface area contributed by atoms with Gasteiger partial charge >= 0.3 is 11.9 Å². The van der Waals surface area contributed by atoms with Gasteiger partial charge in [-0.05, 0) is 42.3 Å².